The number of hydrogen-bond donors (Lipinski definition) is 1. The van der Waals surface area contributed by atoms with Crippen LogP contribution in [0.2, 0.25) is 0 Å². The van der Waals surface area contributed by atoms with Crippen LogP contribution in [0.3, 0.4) is 0 Å². The summed E-state index contributed by atoms with van der Waals surface area (Å²) in [5.74, 6) is -4.89. The summed E-state index contributed by atoms with van der Waals surface area (Å²) < 4.78 is 39.7. The third-order valence-electron chi connectivity index (χ3n) is 2.44. The molecule has 0 fully saturated rings. The first-order chi connectivity index (χ1) is 8.50. The van der Waals surface area contributed by atoms with Gasteiger partial charge in [-0.25, -0.2) is 18.0 Å². The number of aromatic carboxylic acids is 1. The summed E-state index contributed by atoms with van der Waals surface area (Å²) in [4.78, 5) is 11.0. The highest BCUT2D eigenvalue weighted by molar-refractivity contribution is 5.96. The Balaban J connectivity index is 2.73. The molecule has 0 bridgehead atoms. The molecule has 0 aliphatic heterocycles. The van der Waals surface area contributed by atoms with Gasteiger partial charge in [-0.2, -0.15) is 0 Å². The van der Waals surface area contributed by atoms with E-state index in [4.69, 9.17) is 5.11 Å². The number of carboxylic acids is 1. The van der Waals surface area contributed by atoms with Gasteiger partial charge in [-0.3, -0.25) is 0 Å². The fourth-order valence-corrected chi connectivity index (χ4v) is 1.66. The highest BCUT2D eigenvalue weighted by atomic mass is 19.2. The highest BCUT2D eigenvalue weighted by Gasteiger charge is 2.17. The zero-order chi connectivity index (χ0) is 13.3. The third-order valence-corrected chi connectivity index (χ3v) is 2.44. The Kier molecular flexibility index (Phi) is 3.06. The van der Waals surface area contributed by atoms with Crippen molar-refractivity contribution in [3.05, 3.63) is 59.4 Å². The van der Waals surface area contributed by atoms with Crippen molar-refractivity contribution in [2.24, 2.45) is 0 Å². The van der Waals surface area contributed by atoms with Gasteiger partial charge in [0.15, 0.2) is 11.6 Å². The van der Waals surface area contributed by atoms with E-state index in [1.807, 2.05) is 0 Å². The number of hydrogen-bond acceptors (Lipinski definition) is 1. The molecule has 0 saturated heterocycles. The Morgan fingerprint density at radius 2 is 1.67 bits per heavy atom. The van der Waals surface area contributed by atoms with Gasteiger partial charge in [0.05, 0.1) is 5.56 Å². The number of benzene rings is 2. The summed E-state index contributed by atoms with van der Waals surface area (Å²) in [6.45, 7) is 0. The molecule has 0 aliphatic carbocycles. The summed E-state index contributed by atoms with van der Waals surface area (Å²) in [6, 6.07) is 6.60. The number of halogens is 3. The smallest absolute Gasteiger partial charge is 0.336 e. The van der Waals surface area contributed by atoms with E-state index in [9.17, 15) is 18.0 Å². The van der Waals surface area contributed by atoms with Crippen molar-refractivity contribution in [3.63, 3.8) is 0 Å². The first-order valence-corrected chi connectivity index (χ1v) is 4.98. The highest BCUT2D eigenvalue weighted by Crippen LogP contribution is 2.28. The van der Waals surface area contributed by atoms with Crippen LogP contribution in [-0.4, -0.2) is 11.1 Å². The van der Waals surface area contributed by atoms with E-state index >= 15 is 0 Å². The first kappa shape index (κ1) is 12.2. The number of carboxylic acid groups (broad SMARTS) is 1. The minimum absolute atomic E-state index is 0.0686. The van der Waals surface area contributed by atoms with Crippen molar-refractivity contribution in [3.8, 4) is 11.1 Å². The maximum absolute atomic E-state index is 13.6. The second-order valence-corrected chi connectivity index (χ2v) is 3.60. The molecule has 2 aromatic rings. The molecule has 92 valence electrons. The van der Waals surface area contributed by atoms with E-state index in [1.54, 1.807) is 0 Å². The maximum Gasteiger partial charge on any atom is 0.336 e. The molecule has 2 rings (SSSR count). The van der Waals surface area contributed by atoms with E-state index < -0.39 is 29.0 Å². The van der Waals surface area contributed by atoms with Crippen LogP contribution in [0.4, 0.5) is 13.2 Å². The molecular weight excluding hydrogens is 245 g/mol. The normalized spacial score (nSPS) is 10.4. The molecule has 0 aliphatic rings. The number of rotatable bonds is 2. The zero-order valence-corrected chi connectivity index (χ0v) is 8.95. The van der Waals surface area contributed by atoms with Crippen LogP contribution in [0.25, 0.3) is 11.1 Å². The Morgan fingerprint density at radius 3 is 2.33 bits per heavy atom. The van der Waals surface area contributed by atoms with Gasteiger partial charge in [0.2, 0.25) is 0 Å². The Morgan fingerprint density at radius 1 is 1.00 bits per heavy atom. The average molecular weight is 252 g/mol. The lowest BCUT2D eigenvalue weighted by atomic mass is 9.99. The van der Waals surface area contributed by atoms with Gasteiger partial charge in [-0.1, -0.05) is 18.2 Å². The van der Waals surface area contributed by atoms with Crippen LogP contribution in [0.1, 0.15) is 10.4 Å². The lowest BCUT2D eigenvalue weighted by Gasteiger charge is -2.08. The third kappa shape index (κ3) is 2.07. The molecule has 18 heavy (non-hydrogen) atoms. The molecule has 0 radical (unpaired) electrons. The van der Waals surface area contributed by atoms with Crippen molar-refractivity contribution in [1.82, 2.24) is 0 Å². The lowest BCUT2D eigenvalue weighted by molar-refractivity contribution is 0.0697. The molecule has 5 heteroatoms. The van der Waals surface area contributed by atoms with Crippen LogP contribution in [0.5, 0.6) is 0 Å². The Bertz CT molecular complexity index is 624. The molecule has 0 aromatic heterocycles. The molecule has 0 atom stereocenters. The largest absolute Gasteiger partial charge is 0.478 e. The van der Waals surface area contributed by atoms with E-state index in [0.717, 1.165) is 6.07 Å². The van der Waals surface area contributed by atoms with Crippen molar-refractivity contribution in [1.29, 1.82) is 0 Å². The fraction of sp³-hybridized carbons (Fsp3) is 0. The summed E-state index contributed by atoms with van der Waals surface area (Å²) in [6.07, 6.45) is 0. The average Bonchev–Trinajstić information content (AvgIpc) is 2.33. The van der Waals surface area contributed by atoms with Gasteiger partial charge in [0, 0.05) is 11.6 Å². The maximum atomic E-state index is 13.6. The van der Waals surface area contributed by atoms with Gasteiger partial charge in [0.1, 0.15) is 5.82 Å². The molecule has 0 spiro atoms. The van der Waals surface area contributed by atoms with Gasteiger partial charge in [-0.15, -0.1) is 0 Å². The molecule has 0 saturated carbocycles. The standard InChI is InChI=1S/C13H7F3O2/c14-7-5-10(12(16)11(15)6-7)8-3-1-2-4-9(8)13(17)18/h1-6H,(H,17,18). The molecule has 2 aromatic carbocycles. The lowest BCUT2D eigenvalue weighted by Crippen LogP contribution is -2.01. The van der Waals surface area contributed by atoms with Crippen LogP contribution < -0.4 is 0 Å². The number of carbonyl (C=O) groups is 1. The van der Waals surface area contributed by atoms with Crippen molar-refractivity contribution >= 4 is 5.97 Å². The molecule has 2 nitrogen and oxygen atoms in total. The Labute approximate surface area is 100 Å². The van der Waals surface area contributed by atoms with Crippen LogP contribution >= 0.6 is 0 Å². The van der Waals surface area contributed by atoms with Gasteiger partial charge < -0.3 is 5.11 Å². The monoisotopic (exact) mass is 252 g/mol. The van der Waals surface area contributed by atoms with E-state index in [2.05, 4.69) is 0 Å². The first-order valence-electron chi connectivity index (χ1n) is 4.98. The Hall–Kier alpha value is -2.30. The molecule has 0 unspecified atom stereocenters. The van der Waals surface area contributed by atoms with Crippen LogP contribution in [0.15, 0.2) is 36.4 Å². The summed E-state index contributed by atoms with van der Waals surface area (Å²) in [7, 11) is 0. The second kappa shape index (κ2) is 4.52. The molecule has 1 N–H and O–H groups in total. The minimum Gasteiger partial charge on any atom is -0.478 e. The minimum atomic E-state index is -1.36. The predicted molar refractivity (Wildman–Crippen MR) is 58.7 cm³/mol. The van der Waals surface area contributed by atoms with E-state index in [-0.39, 0.29) is 11.1 Å². The summed E-state index contributed by atoms with van der Waals surface area (Å²) in [5.41, 5.74) is -0.701. The predicted octanol–water partition coefficient (Wildman–Crippen LogP) is 3.47. The molecule has 0 amide bonds. The van der Waals surface area contributed by atoms with Crippen molar-refractivity contribution < 1.29 is 23.1 Å². The quantitative estimate of drug-likeness (QED) is 0.831. The zero-order valence-electron chi connectivity index (χ0n) is 8.95. The van der Waals surface area contributed by atoms with Crippen molar-refractivity contribution in [2.45, 2.75) is 0 Å². The fourth-order valence-electron chi connectivity index (χ4n) is 1.66. The molecule has 0 heterocycles. The second-order valence-electron chi connectivity index (χ2n) is 3.60. The molecular formula is C13H7F3O2. The summed E-state index contributed by atoms with van der Waals surface area (Å²) in [5, 5.41) is 8.95. The van der Waals surface area contributed by atoms with Gasteiger partial charge in [-0.05, 0) is 17.7 Å². The van der Waals surface area contributed by atoms with Crippen LogP contribution in [-0.2, 0) is 0 Å². The summed E-state index contributed by atoms with van der Waals surface area (Å²) >= 11 is 0. The topological polar surface area (TPSA) is 37.3 Å². The van der Waals surface area contributed by atoms with Crippen LogP contribution in [0, 0.1) is 17.5 Å². The van der Waals surface area contributed by atoms with Gasteiger partial charge >= 0.3 is 5.97 Å². The van der Waals surface area contributed by atoms with E-state index in [1.165, 1.54) is 24.3 Å². The SMILES string of the molecule is O=C(O)c1ccccc1-c1cc(F)cc(F)c1F. The van der Waals surface area contributed by atoms with Crippen molar-refractivity contribution in [2.75, 3.05) is 0 Å². The van der Waals surface area contributed by atoms with E-state index in [0.29, 0.717) is 6.07 Å². The van der Waals surface area contributed by atoms with Gasteiger partial charge in [0.25, 0.3) is 0 Å².